The maximum atomic E-state index is 14.2. The first kappa shape index (κ1) is 16.7. The summed E-state index contributed by atoms with van der Waals surface area (Å²) in [7, 11) is 1.66. The lowest BCUT2D eigenvalue weighted by Crippen LogP contribution is -2.25. The molecule has 23 heavy (non-hydrogen) atoms. The Bertz CT molecular complexity index is 726. The predicted octanol–water partition coefficient (Wildman–Crippen LogP) is 2.66. The van der Waals surface area contributed by atoms with E-state index in [-0.39, 0.29) is 30.4 Å². The van der Waals surface area contributed by atoms with Crippen LogP contribution in [0.5, 0.6) is 5.75 Å². The van der Waals surface area contributed by atoms with Gasteiger partial charge in [-0.3, -0.25) is 9.48 Å². The molecule has 0 radical (unpaired) electrons. The van der Waals surface area contributed by atoms with Gasteiger partial charge in [0.2, 0.25) is 0 Å². The van der Waals surface area contributed by atoms with Crippen LogP contribution in [-0.4, -0.2) is 22.3 Å². The maximum absolute atomic E-state index is 14.2. The van der Waals surface area contributed by atoms with Gasteiger partial charge in [-0.05, 0) is 25.1 Å². The molecular weight excluding hydrogens is 304 g/mol. The summed E-state index contributed by atoms with van der Waals surface area (Å²) in [5, 5.41) is 6.72. The summed E-state index contributed by atoms with van der Waals surface area (Å²) in [5.74, 6) is -0.924. The normalized spacial score (nSPS) is 11.0. The molecule has 0 bridgehead atoms. The van der Waals surface area contributed by atoms with Crippen molar-refractivity contribution >= 4 is 5.91 Å². The second-order valence-corrected chi connectivity index (χ2v) is 4.88. The third kappa shape index (κ3) is 4.15. The number of hydrogen-bond acceptors (Lipinski definition) is 3. The highest BCUT2D eigenvalue weighted by Gasteiger charge is 2.14. The molecule has 5 nitrogen and oxygen atoms in total. The molecule has 1 aromatic heterocycles. The molecule has 0 aliphatic carbocycles. The second-order valence-electron chi connectivity index (χ2n) is 4.88. The van der Waals surface area contributed by atoms with E-state index in [1.165, 1.54) is 10.7 Å². The Morgan fingerprint density at radius 2 is 2.26 bits per heavy atom. The van der Waals surface area contributed by atoms with E-state index in [1.54, 1.807) is 32.2 Å². The number of hydrogen-bond donors (Lipinski definition) is 1. The van der Waals surface area contributed by atoms with Gasteiger partial charge >= 0.3 is 0 Å². The summed E-state index contributed by atoms with van der Waals surface area (Å²) >= 11 is 0. The minimum Gasteiger partial charge on any atom is -0.486 e. The molecule has 0 spiro atoms. The average Bonchev–Trinajstić information content (AvgIpc) is 2.86. The summed E-state index contributed by atoms with van der Waals surface area (Å²) in [6, 6.07) is 6.24. The minimum atomic E-state index is -0.582. The molecule has 0 saturated heterocycles. The van der Waals surface area contributed by atoms with Crippen LogP contribution in [0.15, 0.2) is 36.7 Å². The Balaban J connectivity index is 2.04. The van der Waals surface area contributed by atoms with Gasteiger partial charge in [0.15, 0.2) is 11.6 Å². The van der Waals surface area contributed by atoms with E-state index in [4.69, 9.17) is 4.74 Å². The van der Waals surface area contributed by atoms with Crippen LogP contribution in [0.4, 0.5) is 8.78 Å². The first-order valence-corrected chi connectivity index (χ1v) is 6.97. The molecular formula is C16H17F2N3O2. The fraction of sp³-hybridized carbons (Fsp3) is 0.250. The van der Waals surface area contributed by atoms with Crippen LogP contribution < -0.4 is 10.1 Å². The molecule has 122 valence electrons. The van der Waals surface area contributed by atoms with Gasteiger partial charge in [0.05, 0.1) is 12.0 Å². The van der Waals surface area contributed by atoms with Gasteiger partial charge in [0.1, 0.15) is 12.3 Å². The number of rotatable bonds is 6. The fourth-order valence-electron chi connectivity index (χ4n) is 2.07. The zero-order valence-electron chi connectivity index (χ0n) is 12.8. The zero-order chi connectivity index (χ0) is 16.8. The lowest BCUT2D eigenvalue weighted by molar-refractivity contribution is 0.0941. The van der Waals surface area contributed by atoms with Crippen LogP contribution in [0.2, 0.25) is 0 Å². The van der Waals surface area contributed by atoms with Gasteiger partial charge in [-0.2, -0.15) is 5.10 Å². The molecule has 0 atom stereocenters. The Morgan fingerprint density at radius 1 is 1.48 bits per heavy atom. The number of benzene rings is 1. The first-order valence-electron chi connectivity index (χ1n) is 6.97. The summed E-state index contributed by atoms with van der Waals surface area (Å²) in [6.45, 7) is 1.71. The highest BCUT2D eigenvalue weighted by atomic mass is 19.1. The smallest absolute Gasteiger partial charge is 0.269 e. The van der Waals surface area contributed by atoms with Gasteiger partial charge in [0, 0.05) is 19.2 Å². The van der Waals surface area contributed by atoms with Crippen LogP contribution in [0.25, 0.3) is 0 Å². The highest BCUT2D eigenvalue weighted by Crippen LogP contribution is 2.20. The Labute approximate surface area is 132 Å². The van der Waals surface area contributed by atoms with Gasteiger partial charge in [-0.25, -0.2) is 8.78 Å². The standard InChI is InChI=1S/C16H17F2N3O2/c1-11-9-13(21(2)20-11)16(22)19-10-12-5-3-6-14(15(12)18)23-8-4-7-17/h3-7,9H,8,10H2,1-2H3,(H,19,22). The van der Waals surface area contributed by atoms with E-state index >= 15 is 0 Å². The Morgan fingerprint density at radius 3 is 2.91 bits per heavy atom. The number of aryl methyl sites for hydroxylation is 2. The van der Waals surface area contributed by atoms with Crippen molar-refractivity contribution in [2.45, 2.75) is 13.5 Å². The topological polar surface area (TPSA) is 56.1 Å². The molecule has 2 rings (SSSR count). The number of amides is 1. The molecule has 1 heterocycles. The Hall–Kier alpha value is -2.70. The molecule has 1 amide bonds. The predicted molar refractivity (Wildman–Crippen MR) is 81.3 cm³/mol. The van der Waals surface area contributed by atoms with E-state index in [2.05, 4.69) is 10.4 Å². The molecule has 1 aromatic carbocycles. The van der Waals surface area contributed by atoms with E-state index < -0.39 is 5.82 Å². The Kier molecular flexibility index (Phi) is 5.46. The van der Waals surface area contributed by atoms with Crippen molar-refractivity contribution in [1.82, 2.24) is 15.1 Å². The van der Waals surface area contributed by atoms with E-state index in [0.29, 0.717) is 12.0 Å². The lowest BCUT2D eigenvalue weighted by Gasteiger charge is -2.10. The van der Waals surface area contributed by atoms with Crippen LogP contribution >= 0.6 is 0 Å². The molecule has 2 aromatic rings. The van der Waals surface area contributed by atoms with E-state index in [1.807, 2.05) is 0 Å². The van der Waals surface area contributed by atoms with Gasteiger partial charge < -0.3 is 10.1 Å². The largest absolute Gasteiger partial charge is 0.486 e. The van der Waals surface area contributed by atoms with Crippen molar-refractivity contribution < 1.29 is 18.3 Å². The second kappa shape index (κ2) is 7.53. The van der Waals surface area contributed by atoms with Crippen molar-refractivity contribution in [1.29, 1.82) is 0 Å². The number of ether oxygens (including phenoxy) is 1. The van der Waals surface area contributed by atoms with Gasteiger partial charge in [-0.1, -0.05) is 12.1 Å². The number of carbonyl (C=O) groups is 1. The van der Waals surface area contributed by atoms with Gasteiger partial charge in [-0.15, -0.1) is 0 Å². The summed E-state index contributed by atoms with van der Waals surface area (Å²) in [4.78, 5) is 12.1. The minimum absolute atomic E-state index is 0.00500. The van der Waals surface area contributed by atoms with Crippen LogP contribution in [-0.2, 0) is 13.6 Å². The lowest BCUT2D eigenvalue weighted by atomic mass is 10.2. The number of halogens is 2. The molecule has 7 heteroatoms. The molecule has 0 unspecified atom stereocenters. The van der Waals surface area contributed by atoms with Crippen molar-refractivity contribution in [3.05, 3.63) is 59.4 Å². The summed E-state index contributed by atoms with van der Waals surface area (Å²) < 4.78 is 32.7. The van der Waals surface area contributed by atoms with Crippen molar-refractivity contribution in [2.24, 2.45) is 7.05 Å². The van der Waals surface area contributed by atoms with Crippen molar-refractivity contribution in [3.63, 3.8) is 0 Å². The van der Waals surface area contributed by atoms with Crippen LogP contribution in [0.3, 0.4) is 0 Å². The molecule has 0 fully saturated rings. The average molecular weight is 321 g/mol. The summed E-state index contributed by atoms with van der Waals surface area (Å²) in [6.07, 6.45) is 1.45. The number of aromatic nitrogens is 2. The number of carbonyl (C=O) groups excluding carboxylic acids is 1. The molecule has 0 saturated carbocycles. The highest BCUT2D eigenvalue weighted by molar-refractivity contribution is 5.92. The van der Waals surface area contributed by atoms with Crippen LogP contribution in [0.1, 0.15) is 21.7 Å². The molecule has 0 aliphatic heterocycles. The van der Waals surface area contributed by atoms with Crippen molar-refractivity contribution in [3.8, 4) is 5.75 Å². The molecule has 1 N–H and O–H groups in total. The quantitative estimate of drug-likeness (QED) is 0.890. The fourth-order valence-corrected chi connectivity index (χ4v) is 2.07. The SMILES string of the molecule is Cc1cc(C(=O)NCc2cccc(OCC=CF)c2F)n(C)n1. The number of nitrogens with zero attached hydrogens (tertiary/aromatic N) is 2. The van der Waals surface area contributed by atoms with E-state index in [9.17, 15) is 13.6 Å². The third-order valence-electron chi connectivity index (χ3n) is 3.14. The maximum Gasteiger partial charge on any atom is 0.269 e. The monoisotopic (exact) mass is 321 g/mol. The van der Waals surface area contributed by atoms with Crippen LogP contribution in [0, 0.1) is 12.7 Å². The van der Waals surface area contributed by atoms with Gasteiger partial charge in [0.25, 0.3) is 5.91 Å². The van der Waals surface area contributed by atoms with E-state index in [0.717, 1.165) is 11.8 Å². The third-order valence-corrected chi connectivity index (χ3v) is 3.14. The molecule has 0 aliphatic rings. The zero-order valence-corrected chi connectivity index (χ0v) is 12.8. The van der Waals surface area contributed by atoms with Crippen molar-refractivity contribution in [2.75, 3.05) is 6.61 Å². The number of nitrogens with one attached hydrogen (secondary N) is 1. The summed E-state index contributed by atoms with van der Waals surface area (Å²) in [5.41, 5.74) is 1.39. The first-order chi connectivity index (χ1) is 11.0.